The van der Waals surface area contributed by atoms with E-state index in [2.05, 4.69) is 20.6 Å². The highest BCUT2D eigenvalue weighted by molar-refractivity contribution is 5.96. The highest BCUT2D eigenvalue weighted by Gasteiger charge is 2.21. The third-order valence-electron chi connectivity index (χ3n) is 5.13. The number of rotatable bonds is 10. The summed E-state index contributed by atoms with van der Waals surface area (Å²) in [6, 6.07) is 3.33. The quantitative estimate of drug-likeness (QED) is 0.405. The number of carboxylic acid groups (broad SMARTS) is 1. The number of likely N-dealkylation sites (N-methyl/N-ethyl adjacent to an activating group) is 1. The maximum absolute atomic E-state index is 14.3. The molecule has 184 valence electrons. The summed E-state index contributed by atoms with van der Waals surface area (Å²) in [5.74, 6) is -1.11. The van der Waals surface area contributed by atoms with Crippen molar-refractivity contribution < 1.29 is 23.9 Å². The standard InChI is InChI=1S/C22H30FN7O4/c1-6-16-20(29(3)4)28-19(17(27-16)18(24)31)26-15-10-13(9-14(23)11-15)7-8-25-21(32)12(2)30(5)22(33)34/h9-12H,6-8H2,1-5H3,(H2,24,31)(H,25,32)(H,26,28)(H,33,34)/t12-/m0/s1. The lowest BCUT2D eigenvalue weighted by molar-refractivity contribution is -0.124. The predicted molar refractivity (Wildman–Crippen MR) is 126 cm³/mol. The van der Waals surface area contributed by atoms with Crippen molar-refractivity contribution in [1.29, 1.82) is 0 Å². The van der Waals surface area contributed by atoms with Crippen molar-refractivity contribution in [3.63, 3.8) is 0 Å². The van der Waals surface area contributed by atoms with E-state index >= 15 is 0 Å². The number of aromatic nitrogens is 2. The summed E-state index contributed by atoms with van der Waals surface area (Å²) in [7, 11) is 4.89. The van der Waals surface area contributed by atoms with Crippen LogP contribution in [0.3, 0.4) is 0 Å². The van der Waals surface area contributed by atoms with Crippen molar-refractivity contribution >= 4 is 35.2 Å². The number of nitrogens with two attached hydrogens (primary N) is 1. The minimum atomic E-state index is -1.22. The van der Waals surface area contributed by atoms with Gasteiger partial charge in [0.2, 0.25) is 5.91 Å². The number of carbonyl (C=O) groups excluding carboxylic acids is 2. The zero-order valence-electron chi connectivity index (χ0n) is 19.8. The summed E-state index contributed by atoms with van der Waals surface area (Å²) >= 11 is 0. The molecule has 0 saturated heterocycles. The van der Waals surface area contributed by atoms with Gasteiger partial charge in [-0.3, -0.25) is 14.5 Å². The summed E-state index contributed by atoms with van der Waals surface area (Å²) in [6.07, 6.45) is -0.391. The Hall–Kier alpha value is -3.96. The summed E-state index contributed by atoms with van der Waals surface area (Å²) in [6.45, 7) is 3.52. The van der Waals surface area contributed by atoms with Gasteiger partial charge in [-0.15, -0.1) is 0 Å². The van der Waals surface area contributed by atoms with Gasteiger partial charge >= 0.3 is 6.09 Å². The van der Waals surface area contributed by atoms with Gasteiger partial charge < -0.3 is 26.4 Å². The van der Waals surface area contributed by atoms with E-state index in [9.17, 15) is 18.8 Å². The molecule has 34 heavy (non-hydrogen) atoms. The molecule has 0 bridgehead atoms. The monoisotopic (exact) mass is 475 g/mol. The van der Waals surface area contributed by atoms with Crippen molar-refractivity contribution in [3.8, 4) is 0 Å². The zero-order chi connectivity index (χ0) is 25.6. The fraction of sp³-hybridized carbons (Fsp3) is 0.409. The van der Waals surface area contributed by atoms with E-state index in [1.54, 1.807) is 25.1 Å². The molecule has 1 aromatic carbocycles. The highest BCUT2D eigenvalue weighted by Crippen LogP contribution is 2.25. The Morgan fingerprint density at radius 1 is 1.18 bits per heavy atom. The van der Waals surface area contributed by atoms with E-state index in [-0.39, 0.29) is 24.5 Å². The Morgan fingerprint density at radius 3 is 2.41 bits per heavy atom. The number of amides is 3. The SMILES string of the molecule is CCc1nc(C(N)=O)c(Nc2cc(F)cc(CCNC(=O)[C@H](C)N(C)C(=O)O)c2)nc1N(C)C. The van der Waals surface area contributed by atoms with Gasteiger partial charge in [-0.1, -0.05) is 6.92 Å². The third-order valence-corrected chi connectivity index (χ3v) is 5.13. The first kappa shape index (κ1) is 26.3. The number of benzene rings is 1. The van der Waals surface area contributed by atoms with Gasteiger partial charge in [0.25, 0.3) is 5.91 Å². The molecule has 0 spiro atoms. The van der Waals surface area contributed by atoms with Crippen LogP contribution < -0.4 is 21.3 Å². The van der Waals surface area contributed by atoms with Gasteiger partial charge in [0, 0.05) is 33.4 Å². The van der Waals surface area contributed by atoms with Gasteiger partial charge in [-0.05, 0) is 43.5 Å². The molecule has 2 aromatic rings. The van der Waals surface area contributed by atoms with Crippen LogP contribution in [0.1, 0.15) is 35.6 Å². The molecule has 1 atom stereocenters. The first-order chi connectivity index (χ1) is 15.9. The lowest BCUT2D eigenvalue weighted by Gasteiger charge is -2.21. The highest BCUT2D eigenvalue weighted by atomic mass is 19.1. The van der Waals surface area contributed by atoms with Crippen LogP contribution in [0.5, 0.6) is 0 Å². The van der Waals surface area contributed by atoms with Crippen LogP contribution in [0.25, 0.3) is 0 Å². The van der Waals surface area contributed by atoms with Gasteiger partial charge in [-0.25, -0.2) is 19.2 Å². The Morgan fingerprint density at radius 2 is 1.85 bits per heavy atom. The van der Waals surface area contributed by atoms with Crippen molar-refractivity contribution in [1.82, 2.24) is 20.2 Å². The Bertz CT molecular complexity index is 1080. The van der Waals surface area contributed by atoms with E-state index in [4.69, 9.17) is 10.8 Å². The molecule has 0 unspecified atom stereocenters. The molecular formula is C22H30FN7O4. The van der Waals surface area contributed by atoms with Crippen molar-refractivity contribution in [2.24, 2.45) is 5.73 Å². The van der Waals surface area contributed by atoms with Crippen LogP contribution in [-0.2, 0) is 17.6 Å². The first-order valence-electron chi connectivity index (χ1n) is 10.6. The normalized spacial score (nSPS) is 11.5. The minimum Gasteiger partial charge on any atom is -0.465 e. The predicted octanol–water partition coefficient (Wildman–Crippen LogP) is 1.74. The molecule has 0 fully saturated rings. The van der Waals surface area contributed by atoms with E-state index in [0.29, 0.717) is 29.2 Å². The van der Waals surface area contributed by atoms with Crippen LogP contribution in [0.15, 0.2) is 18.2 Å². The Balaban J connectivity index is 2.21. The number of nitrogens with one attached hydrogen (secondary N) is 2. The fourth-order valence-corrected chi connectivity index (χ4v) is 3.14. The first-order valence-corrected chi connectivity index (χ1v) is 10.6. The molecule has 0 aliphatic rings. The fourth-order valence-electron chi connectivity index (χ4n) is 3.14. The second-order valence-electron chi connectivity index (χ2n) is 7.89. The number of nitrogens with zero attached hydrogens (tertiary/aromatic N) is 4. The van der Waals surface area contributed by atoms with Crippen molar-refractivity contribution in [3.05, 3.63) is 41.0 Å². The van der Waals surface area contributed by atoms with Gasteiger partial charge in [0.15, 0.2) is 17.3 Å². The lowest BCUT2D eigenvalue weighted by Crippen LogP contribution is -2.45. The van der Waals surface area contributed by atoms with E-state index < -0.39 is 29.8 Å². The van der Waals surface area contributed by atoms with Crippen LogP contribution in [0.2, 0.25) is 0 Å². The minimum absolute atomic E-state index is 0.0583. The summed E-state index contributed by atoms with van der Waals surface area (Å²) in [4.78, 5) is 46.5. The van der Waals surface area contributed by atoms with E-state index in [1.807, 2.05) is 6.92 Å². The maximum atomic E-state index is 14.3. The molecule has 0 radical (unpaired) electrons. The average molecular weight is 476 g/mol. The Labute approximate surface area is 197 Å². The second-order valence-corrected chi connectivity index (χ2v) is 7.89. The third kappa shape index (κ3) is 6.53. The Kier molecular flexibility index (Phi) is 8.70. The molecule has 1 heterocycles. The number of halogens is 1. The summed E-state index contributed by atoms with van der Waals surface area (Å²) < 4.78 is 14.3. The number of hydrogen-bond donors (Lipinski definition) is 4. The van der Waals surface area contributed by atoms with E-state index in [1.165, 1.54) is 26.1 Å². The lowest BCUT2D eigenvalue weighted by atomic mass is 10.1. The molecule has 1 aromatic heterocycles. The van der Waals surface area contributed by atoms with Gasteiger partial charge in [0.05, 0.1) is 5.69 Å². The number of hydrogen-bond acceptors (Lipinski definition) is 7. The van der Waals surface area contributed by atoms with Crippen LogP contribution in [-0.4, -0.2) is 71.6 Å². The topological polar surface area (TPSA) is 154 Å². The number of primary amides is 1. The molecule has 5 N–H and O–H groups in total. The van der Waals surface area contributed by atoms with E-state index in [0.717, 1.165) is 4.90 Å². The van der Waals surface area contributed by atoms with Crippen LogP contribution in [0, 0.1) is 5.82 Å². The van der Waals surface area contributed by atoms with Crippen molar-refractivity contribution in [2.45, 2.75) is 32.7 Å². The molecule has 3 amide bonds. The van der Waals surface area contributed by atoms with Gasteiger partial charge in [0.1, 0.15) is 11.9 Å². The van der Waals surface area contributed by atoms with Crippen LogP contribution in [0.4, 0.5) is 26.5 Å². The molecule has 12 heteroatoms. The summed E-state index contributed by atoms with van der Waals surface area (Å²) in [5.41, 5.74) is 6.92. The number of aryl methyl sites for hydroxylation is 1. The van der Waals surface area contributed by atoms with Crippen LogP contribution >= 0.6 is 0 Å². The number of carbonyl (C=O) groups is 3. The molecular weight excluding hydrogens is 445 g/mol. The zero-order valence-corrected chi connectivity index (χ0v) is 19.8. The molecule has 2 rings (SSSR count). The average Bonchev–Trinajstić information content (AvgIpc) is 2.76. The molecule has 11 nitrogen and oxygen atoms in total. The van der Waals surface area contributed by atoms with Crippen molar-refractivity contribution in [2.75, 3.05) is 37.9 Å². The second kappa shape index (κ2) is 11.3. The maximum Gasteiger partial charge on any atom is 0.407 e. The molecule has 0 saturated carbocycles. The molecule has 0 aliphatic carbocycles. The summed E-state index contributed by atoms with van der Waals surface area (Å²) in [5, 5.41) is 14.5. The molecule has 0 aliphatic heterocycles. The van der Waals surface area contributed by atoms with Gasteiger partial charge in [-0.2, -0.15) is 0 Å². The largest absolute Gasteiger partial charge is 0.465 e. The smallest absolute Gasteiger partial charge is 0.407 e. The number of anilines is 3.